The molecule has 0 spiro atoms. The summed E-state index contributed by atoms with van der Waals surface area (Å²) in [5, 5.41) is 12.4. The van der Waals surface area contributed by atoms with Gasteiger partial charge in [0.15, 0.2) is 5.76 Å². The maximum absolute atomic E-state index is 12.0. The van der Waals surface area contributed by atoms with Crippen LogP contribution in [0.3, 0.4) is 0 Å². The van der Waals surface area contributed by atoms with Gasteiger partial charge >= 0.3 is 5.97 Å². The molecule has 0 aliphatic carbocycles. The second-order valence-corrected chi connectivity index (χ2v) is 5.91. The summed E-state index contributed by atoms with van der Waals surface area (Å²) in [6, 6.07) is 6.64. The number of benzene rings is 1. The Morgan fingerprint density at radius 2 is 2.08 bits per heavy atom. The second kappa shape index (κ2) is 8.58. The number of aryl methyl sites for hydroxylation is 2. The van der Waals surface area contributed by atoms with Crippen molar-refractivity contribution in [2.24, 2.45) is 0 Å². The molecule has 0 bridgehead atoms. The molecule has 1 heterocycles. The smallest absolute Gasteiger partial charge is 0.339 e. The standard InChI is InChI=1S/C18H20ClNO5/c1-3-14-13(18(22)23)10-16(25-14)17(21)20-7-4-8-24-15-6-5-12(19)9-11(15)2/h5-6,9-10H,3-4,7-8H2,1-2H3,(H,20,21)(H,22,23). The van der Waals surface area contributed by atoms with E-state index >= 15 is 0 Å². The predicted molar refractivity (Wildman–Crippen MR) is 93.7 cm³/mol. The Bertz CT molecular complexity index is 769. The zero-order valence-corrected chi connectivity index (χ0v) is 14.9. The van der Waals surface area contributed by atoms with Crippen molar-refractivity contribution in [2.45, 2.75) is 26.7 Å². The molecule has 2 N–H and O–H groups in total. The Labute approximate surface area is 150 Å². The highest BCUT2D eigenvalue weighted by Crippen LogP contribution is 2.21. The minimum Gasteiger partial charge on any atom is -0.493 e. The molecule has 0 aliphatic heterocycles. The highest BCUT2D eigenvalue weighted by atomic mass is 35.5. The SMILES string of the molecule is CCc1oc(C(=O)NCCCOc2ccc(Cl)cc2C)cc1C(=O)O. The molecule has 1 aromatic carbocycles. The molecule has 0 saturated heterocycles. The third-order valence-electron chi connectivity index (χ3n) is 3.59. The number of nitrogens with one attached hydrogen (secondary N) is 1. The third kappa shape index (κ3) is 5.00. The Morgan fingerprint density at radius 1 is 1.32 bits per heavy atom. The maximum atomic E-state index is 12.0. The Morgan fingerprint density at radius 3 is 2.68 bits per heavy atom. The molecule has 6 nitrogen and oxygen atoms in total. The van der Waals surface area contributed by atoms with Gasteiger partial charge in [0.1, 0.15) is 17.1 Å². The van der Waals surface area contributed by atoms with Gasteiger partial charge in [0, 0.05) is 24.1 Å². The van der Waals surface area contributed by atoms with Crippen molar-refractivity contribution in [3.05, 3.63) is 51.9 Å². The molecule has 25 heavy (non-hydrogen) atoms. The highest BCUT2D eigenvalue weighted by molar-refractivity contribution is 6.30. The monoisotopic (exact) mass is 365 g/mol. The first kappa shape index (κ1) is 18.9. The number of hydrogen-bond donors (Lipinski definition) is 2. The zero-order valence-electron chi connectivity index (χ0n) is 14.1. The fourth-order valence-corrected chi connectivity index (χ4v) is 2.53. The quantitative estimate of drug-likeness (QED) is 0.696. The van der Waals surface area contributed by atoms with Gasteiger partial charge in [-0.25, -0.2) is 4.79 Å². The summed E-state index contributed by atoms with van der Waals surface area (Å²) in [6.07, 6.45) is 1.00. The number of carbonyl (C=O) groups is 2. The van der Waals surface area contributed by atoms with E-state index in [2.05, 4.69) is 5.32 Å². The lowest BCUT2D eigenvalue weighted by Crippen LogP contribution is -2.25. The van der Waals surface area contributed by atoms with Crippen molar-refractivity contribution in [1.29, 1.82) is 0 Å². The van der Waals surface area contributed by atoms with Crippen LogP contribution in [0.2, 0.25) is 5.02 Å². The fourth-order valence-electron chi connectivity index (χ4n) is 2.30. The number of amides is 1. The Hall–Kier alpha value is -2.47. The van der Waals surface area contributed by atoms with Crippen LogP contribution in [0.25, 0.3) is 0 Å². The molecule has 1 aromatic heterocycles. The van der Waals surface area contributed by atoms with Gasteiger partial charge in [-0.2, -0.15) is 0 Å². The normalized spacial score (nSPS) is 10.5. The highest BCUT2D eigenvalue weighted by Gasteiger charge is 2.19. The minimum atomic E-state index is -1.11. The molecule has 7 heteroatoms. The van der Waals surface area contributed by atoms with Crippen LogP contribution in [0.5, 0.6) is 5.75 Å². The van der Waals surface area contributed by atoms with E-state index in [4.69, 9.17) is 25.9 Å². The summed E-state index contributed by atoms with van der Waals surface area (Å²) < 4.78 is 10.9. The van der Waals surface area contributed by atoms with Gasteiger partial charge in [-0.1, -0.05) is 18.5 Å². The van der Waals surface area contributed by atoms with Gasteiger partial charge in [0.25, 0.3) is 5.91 Å². The number of carboxylic acids is 1. The van der Waals surface area contributed by atoms with E-state index in [0.29, 0.717) is 36.8 Å². The fraction of sp³-hybridized carbons (Fsp3) is 0.333. The number of rotatable bonds is 8. The van der Waals surface area contributed by atoms with Crippen LogP contribution in [-0.2, 0) is 6.42 Å². The third-order valence-corrected chi connectivity index (χ3v) is 3.82. The molecule has 0 fully saturated rings. The van der Waals surface area contributed by atoms with Crippen molar-refractivity contribution < 1.29 is 23.8 Å². The maximum Gasteiger partial charge on any atom is 0.339 e. The Kier molecular flexibility index (Phi) is 6.47. The van der Waals surface area contributed by atoms with E-state index < -0.39 is 11.9 Å². The van der Waals surface area contributed by atoms with Crippen LogP contribution in [0.15, 0.2) is 28.7 Å². The number of carbonyl (C=O) groups excluding carboxylic acids is 1. The lowest BCUT2D eigenvalue weighted by molar-refractivity contribution is 0.0694. The zero-order chi connectivity index (χ0) is 18.4. The second-order valence-electron chi connectivity index (χ2n) is 5.47. The first-order valence-electron chi connectivity index (χ1n) is 7.95. The van der Waals surface area contributed by atoms with Crippen molar-refractivity contribution >= 4 is 23.5 Å². The van der Waals surface area contributed by atoms with Crippen molar-refractivity contribution in [3.8, 4) is 5.75 Å². The molecular weight excluding hydrogens is 346 g/mol. The summed E-state index contributed by atoms with van der Waals surface area (Å²) in [5.41, 5.74) is 0.967. The number of ether oxygens (including phenoxy) is 1. The molecule has 0 atom stereocenters. The molecule has 134 valence electrons. The van der Waals surface area contributed by atoms with E-state index in [1.807, 2.05) is 13.0 Å². The Balaban J connectivity index is 1.80. The van der Waals surface area contributed by atoms with Gasteiger partial charge in [0.05, 0.1) is 6.61 Å². The van der Waals surface area contributed by atoms with Gasteiger partial charge < -0.3 is 19.6 Å². The molecule has 2 rings (SSSR count). The van der Waals surface area contributed by atoms with Crippen LogP contribution in [0, 0.1) is 6.92 Å². The van der Waals surface area contributed by atoms with Gasteiger partial charge in [-0.3, -0.25) is 4.79 Å². The lowest BCUT2D eigenvalue weighted by Gasteiger charge is -2.09. The average Bonchev–Trinajstić information content (AvgIpc) is 3.01. The lowest BCUT2D eigenvalue weighted by atomic mass is 10.2. The van der Waals surface area contributed by atoms with Crippen LogP contribution in [-0.4, -0.2) is 30.1 Å². The van der Waals surface area contributed by atoms with Gasteiger partial charge in [-0.15, -0.1) is 0 Å². The van der Waals surface area contributed by atoms with E-state index in [9.17, 15) is 9.59 Å². The number of aromatic carboxylic acids is 1. The molecule has 1 amide bonds. The molecule has 0 unspecified atom stereocenters. The summed E-state index contributed by atoms with van der Waals surface area (Å²) in [5.74, 6) is -0.500. The molecule has 0 aliphatic rings. The average molecular weight is 366 g/mol. The molecule has 2 aromatic rings. The summed E-state index contributed by atoms with van der Waals surface area (Å²) in [7, 11) is 0. The molecule has 0 radical (unpaired) electrons. The molecular formula is C18H20ClNO5. The summed E-state index contributed by atoms with van der Waals surface area (Å²) >= 11 is 5.89. The topological polar surface area (TPSA) is 88.8 Å². The predicted octanol–water partition coefficient (Wildman–Crippen LogP) is 3.70. The van der Waals surface area contributed by atoms with Crippen LogP contribution >= 0.6 is 11.6 Å². The largest absolute Gasteiger partial charge is 0.493 e. The van der Waals surface area contributed by atoms with Crippen molar-refractivity contribution in [3.63, 3.8) is 0 Å². The first-order valence-corrected chi connectivity index (χ1v) is 8.33. The first-order chi connectivity index (χ1) is 11.9. The van der Waals surface area contributed by atoms with Gasteiger partial charge in [0.2, 0.25) is 0 Å². The van der Waals surface area contributed by atoms with E-state index in [-0.39, 0.29) is 11.3 Å². The van der Waals surface area contributed by atoms with E-state index in [0.717, 1.165) is 11.3 Å². The van der Waals surface area contributed by atoms with Gasteiger partial charge in [-0.05, 0) is 37.1 Å². The van der Waals surface area contributed by atoms with E-state index in [1.165, 1.54) is 6.07 Å². The van der Waals surface area contributed by atoms with Crippen molar-refractivity contribution in [1.82, 2.24) is 5.32 Å². The number of halogens is 1. The van der Waals surface area contributed by atoms with Crippen molar-refractivity contribution in [2.75, 3.05) is 13.2 Å². The number of furan rings is 1. The van der Waals surface area contributed by atoms with Crippen LogP contribution in [0.1, 0.15) is 45.6 Å². The summed E-state index contributed by atoms with van der Waals surface area (Å²) in [6.45, 7) is 4.49. The van der Waals surface area contributed by atoms with E-state index in [1.54, 1.807) is 19.1 Å². The molecule has 0 saturated carbocycles. The minimum absolute atomic E-state index is 0.00344. The van der Waals surface area contributed by atoms with Crippen LogP contribution < -0.4 is 10.1 Å². The number of carboxylic acid groups (broad SMARTS) is 1. The summed E-state index contributed by atoms with van der Waals surface area (Å²) in [4.78, 5) is 23.1. The number of hydrogen-bond acceptors (Lipinski definition) is 4. The van der Waals surface area contributed by atoms with Crippen LogP contribution in [0.4, 0.5) is 0 Å².